The summed E-state index contributed by atoms with van der Waals surface area (Å²) in [6.45, 7) is 2.30. The van der Waals surface area contributed by atoms with Crippen LogP contribution in [0.5, 0.6) is 0 Å². The highest BCUT2D eigenvalue weighted by Gasteiger charge is 2.30. The fourth-order valence-electron chi connectivity index (χ4n) is 3.37. The van der Waals surface area contributed by atoms with Crippen LogP contribution >= 0.6 is 11.6 Å². The maximum absolute atomic E-state index is 6.28. The fourth-order valence-corrected chi connectivity index (χ4v) is 3.66. The van der Waals surface area contributed by atoms with Crippen LogP contribution in [0, 0.1) is 11.8 Å². The monoisotopic (exact) mass is 269 g/mol. The standard InChI is InChI=1S/C14H24ClN3/c1-4-10-6-5-7-11(8-10)13(16-2)14-12(15)9-17-18(14)3/h9-11,13,16H,4-8H2,1-3H3. The van der Waals surface area contributed by atoms with Crippen molar-refractivity contribution in [3.8, 4) is 0 Å². The van der Waals surface area contributed by atoms with Gasteiger partial charge in [-0.2, -0.15) is 5.10 Å². The molecule has 1 fully saturated rings. The van der Waals surface area contributed by atoms with Gasteiger partial charge in [0.05, 0.1) is 23.0 Å². The highest BCUT2D eigenvalue weighted by molar-refractivity contribution is 6.31. The first-order valence-electron chi connectivity index (χ1n) is 7.02. The SMILES string of the molecule is CCC1CCCC(C(NC)c2c(Cl)cnn2C)C1. The molecule has 1 N–H and O–H groups in total. The Balaban J connectivity index is 2.18. The van der Waals surface area contributed by atoms with E-state index in [0.29, 0.717) is 12.0 Å². The summed E-state index contributed by atoms with van der Waals surface area (Å²) in [7, 11) is 4.01. The van der Waals surface area contributed by atoms with Gasteiger partial charge in [-0.25, -0.2) is 0 Å². The van der Waals surface area contributed by atoms with Crippen LogP contribution in [0.25, 0.3) is 0 Å². The first-order valence-corrected chi connectivity index (χ1v) is 7.39. The summed E-state index contributed by atoms with van der Waals surface area (Å²) >= 11 is 6.28. The van der Waals surface area contributed by atoms with Crippen molar-refractivity contribution in [3.05, 3.63) is 16.9 Å². The summed E-state index contributed by atoms with van der Waals surface area (Å²) in [5, 5.41) is 8.51. The molecule has 1 saturated carbocycles. The molecule has 1 aromatic heterocycles. The Labute approximate surface area is 115 Å². The molecule has 3 nitrogen and oxygen atoms in total. The van der Waals surface area contributed by atoms with Crippen LogP contribution in [0.15, 0.2) is 6.20 Å². The lowest BCUT2D eigenvalue weighted by molar-refractivity contribution is 0.210. The van der Waals surface area contributed by atoms with E-state index in [0.717, 1.165) is 16.6 Å². The zero-order valence-corrected chi connectivity index (χ0v) is 12.4. The van der Waals surface area contributed by atoms with Gasteiger partial charge >= 0.3 is 0 Å². The lowest BCUT2D eigenvalue weighted by Gasteiger charge is -2.34. The Bertz CT molecular complexity index is 369. The molecule has 0 aliphatic heterocycles. The maximum Gasteiger partial charge on any atom is 0.0834 e. The molecule has 2 rings (SSSR count). The largest absolute Gasteiger partial charge is 0.311 e. The zero-order valence-electron chi connectivity index (χ0n) is 11.6. The van der Waals surface area contributed by atoms with Gasteiger partial charge in [0.1, 0.15) is 0 Å². The minimum atomic E-state index is 0.333. The van der Waals surface area contributed by atoms with Gasteiger partial charge in [-0.05, 0) is 31.7 Å². The second-order valence-electron chi connectivity index (χ2n) is 5.47. The van der Waals surface area contributed by atoms with Gasteiger partial charge in [-0.1, -0.05) is 37.8 Å². The van der Waals surface area contributed by atoms with Crippen molar-refractivity contribution in [2.75, 3.05) is 7.05 Å². The molecule has 0 aromatic carbocycles. The van der Waals surface area contributed by atoms with Gasteiger partial charge in [0.25, 0.3) is 0 Å². The first kappa shape index (κ1) is 13.9. The van der Waals surface area contributed by atoms with Crippen LogP contribution in [0.4, 0.5) is 0 Å². The van der Waals surface area contributed by atoms with E-state index in [4.69, 9.17) is 11.6 Å². The van der Waals surface area contributed by atoms with Crippen LogP contribution < -0.4 is 5.32 Å². The zero-order chi connectivity index (χ0) is 13.1. The van der Waals surface area contributed by atoms with Crippen LogP contribution in [0.1, 0.15) is 50.8 Å². The van der Waals surface area contributed by atoms with Crippen molar-refractivity contribution >= 4 is 11.6 Å². The summed E-state index contributed by atoms with van der Waals surface area (Å²) in [6.07, 6.45) is 8.39. The van der Waals surface area contributed by atoms with E-state index in [1.807, 2.05) is 18.8 Å². The topological polar surface area (TPSA) is 29.9 Å². The lowest BCUT2D eigenvalue weighted by Crippen LogP contribution is -2.31. The van der Waals surface area contributed by atoms with Gasteiger partial charge in [-0.3, -0.25) is 4.68 Å². The second kappa shape index (κ2) is 6.07. The van der Waals surface area contributed by atoms with E-state index in [-0.39, 0.29) is 0 Å². The first-order chi connectivity index (χ1) is 8.67. The number of aromatic nitrogens is 2. The normalized spacial score (nSPS) is 26.2. The Morgan fingerprint density at radius 2 is 2.33 bits per heavy atom. The van der Waals surface area contributed by atoms with Gasteiger partial charge in [0, 0.05) is 7.05 Å². The van der Waals surface area contributed by atoms with Crippen LogP contribution in [0.3, 0.4) is 0 Å². The van der Waals surface area contributed by atoms with Crippen LogP contribution in [-0.4, -0.2) is 16.8 Å². The molecule has 1 aliphatic rings. The Morgan fingerprint density at radius 3 is 2.89 bits per heavy atom. The number of nitrogens with zero attached hydrogens (tertiary/aromatic N) is 2. The predicted octanol–water partition coefficient (Wildman–Crippen LogP) is 3.55. The molecule has 0 saturated heterocycles. The predicted molar refractivity (Wildman–Crippen MR) is 75.8 cm³/mol. The fraction of sp³-hybridized carbons (Fsp3) is 0.786. The third-order valence-electron chi connectivity index (χ3n) is 4.42. The van der Waals surface area contributed by atoms with E-state index in [9.17, 15) is 0 Å². The number of halogens is 1. The molecule has 0 amide bonds. The van der Waals surface area contributed by atoms with Gasteiger partial charge in [-0.15, -0.1) is 0 Å². The second-order valence-corrected chi connectivity index (χ2v) is 5.88. The van der Waals surface area contributed by atoms with E-state index in [1.54, 1.807) is 6.20 Å². The molecular formula is C14H24ClN3. The average molecular weight is 270 g/mol. The summed E-state index contributed by atoms with van der Waals surface area (Å²) < 4.78 is 1.92. The number of nitrogens with one attached hydrogen (secondary N) is 1. The molecule has 18 heavy (non-hydrogen) atoms. The summed E-state index contributed by atoms with van der Waals surface area (Å²) in [6, 6.07) is 0.333. The van der Waals surface area contributed by atoms with Crippen molar-refractivity contribution in [1.82, 2.24) is 15.1 Å². The number of hydrogen-bond acceptors (Lipinski definition) is 2. The number of aryl methyl sites for hydroxylation is 1. The van der Waals surface area contributed by atoms with Gasteiger partial charge < -0.3 is 5.32 Å². The lowest BCUT2D eigenvalue weighted by atomic mass is 9.76. The quantitative estimate of drug-likeness (QED) is 0.906. The minimum Gasteiger partial charge on any atom is -0.311 e. The third kappa shape index (κ3) is 2.72. The van der Waals surface area contributed by atoms with E-state index in [2.05, 4.69) is 17.3 Å². The van der Waals surface area contributed by atoms with Crippen molar-refractivity contribution in [3.63, 3.8) is 0 Å². The smallest absolute Gasteiger partial charge is 0.0834 e. The maximum atomic E-state index is 6.28. The summed E-state index contributed by atoms with van der Waals surface area (Å²) in [5.74, 6) is 1.56. The molecule has 1 aliphatic carbocycles. The van der Waals surface area contributed by atoms with E-state index >= 15 is 0 Å². The van der Waals surface area contributed by atoms with Crippen molar-refractivity contribution in [2.45, 2.75) is 45.1 Å². The van der Waals surface area contributed by atoms with Gasteiger partial charge in [0.15, 0.2) is 0 Å². The summed E-state index contributed by atoms with van der Waals surface area (Å²) in [5.41, 5.74) is 1.14. The minimum absolute atomic E-state index is 0.333. The molecule has 3 unspecified atom stereocenters. The molecule has 102 valence electrons. The molecule has 4 heteroatoms. The van der Waals surface area contributed by atoms with Crippen LogP contribution in [-0.2, 0) is 7.05 Å². The number of rotatable bonds is 4. The molecular weight excluding hydrogens is 246 g/mol. The Hall–Kier alpha value is -0.540. The highest BCUT2D eigenvalue weighted by atomic mass is 35.5. The van der Waals surface area contributed by atoms with Crippen molar-refractivity contribution in [1.29, 1.82) is 0 Å². The molecule has 0 bridgehead atoms. The van der Waals surface area contributed by atoms with Crippen molar-refractivity contribution in [2.24, 2.45) is 18.9 Å². The summed E-state index contributed by atoms with van der Waals surface area (Å²) in [4.78, 5) is 0. The molecule has 0 radical (unpaired) electrons. The molecule has 3 atom stereocenters. The molecule has 1 heterocycles. The van der Waals surface area contributed by atoms with E-state index in [1.165, 1.54) is 32.1 Å². The van der Waals surface area contributed by atoms with Gasteiger partial charge in [0.2, 0.25) is 0 Å². The Morgan fingerprint density at radius 1 is 1.56 bits per heavy atom. The van der Waals surface area contributed by atoms with Crippen LogP contribution in [0.2, 0.25) is 5.02 Å². The van der Waals surface area contributed by atoms with Crippen molar-refractivity contribution < 1.29 is 0 Å². The van der Waals surface area contributed by atoms with E-state index < -0.39 is 0 Å². The molecule has 1 aromatic rings. The Kier molecular flexibility index (Phi) is 4.68. The average Bonchev–Trinajstić information content (AvgIpc) is 2.72. The number of hydrogen-bond donors (Lipinski definition) is 1. The molecule has 0 spiro atoms. The third-order valence-corrected chi connectivity index (χ3v) is 4.71. The highest BCUT2D eigenvalue weighted by Crippen LogP contribution is 2.39.